The zero-order valence-corrected chi connectivity index (χ0v) is 12.1. The summed E-state index contributed by atoms with van der Waals surface area (Å²) in [4.78, 5) is 4.59. The molecule has 2 heterocycles. The first-order valence-electron chi connectivity index (χ1n) is 7.20. The summed E-state index contributed by atoms with van der Waals surface area (Å²) in [6.07, 6.45) is 3.29. The molecule has 2 rings (SSSR count). The molecule has 2 N–H and O–H groups in total. The zero-order valence-electron chi connectivity index (χ0n) is 12.1. The van der Waals surface area contributed by atoms with Crippen LogP contribution in [0.5, 0.6) is 0 Å². The number of hydrogen-bond acceptors (Lipinski definition) is 3. The van der Waals surface area contributed by atoms with E-state index in [0.717, 1.165) is 43.5 Å². The van der Waals surface area contributed by atoms with E-state index in [1.165, 1.54) is 6.42 Å². The zero-order chi connectivity index (χ0) is 13.7. The van der Waals surface area contributed by atoms with E-state index < -0.39 is 0 Å². The average Bonchev–Trinajstić information content (AvgIpc) is 2.99. The minimum Gasteiger partial charge on any atom is -0.357 e. The number of fused-ring (bicyclic) bond motifs is 1. The first-order chi connectivity index (χ1) is 9.24. The minimum absolute atomic E-state index is 0.418. The molecule has 1 aromatic rings. The van der Waals surface area contributed by atoms with Gasteiger partial charge in [0.1, 0.15) is 12.4 Å². The smallest absolute Gasteiger partial charge is 0.191 e. The van der Waals surface area contributed by atoms with Crippen molar-refractivity contribution in [3.05, 3.63) is 11.6 Å². The molecule has 1 aliphatic heterocycles. The summed E-state index contributed by atoms with van der Waals surface area (Å²) >= 11 is 0. The molecule has 1 aromatic heterocycles. The van der Waals surface area contributed by atoms with Crippen LogP contribution >= 0.6 is 0 Å². The van der Waals surface area contributed by atoms with Crippen molar-refractivity contribution in [2.45, 2.75) is 59.2 Å². The van der Waals surface area contributed by atoms with Crippen LogP contribution in [-0.2, 0) is 19.5 Å². The molecular weight excluding hydrogens is 240 g/mol. The molecule has 0 saturated heterocycles. The van der Waals surface area contributed by atoms with Crippen LogP contribution < -0.4 is 10.6 Å². The SMILES string of the molecule is CCNC(=NCc1nnc2n1CCC2)NC(C)CC. The second kappa shape index (κ2) is 6.54. The lowest BCUT2D eigenvalue weighted by Gasteiger charge is -2.16. The van der Waals surface area contributed by atoms with Crippen LogP contribution in [0.25, 0.3) is 0 Å². The van der Waals surface area contributed by atoms with Crippen LogP contribution in [0.2, 0.25) is 0 Å². The van der Waals surface area contributed by atoms with Crippen LogP contribution in [0.15, 0.2) is 4.99 Å². The van der Waals surface area contributed by atoms with Crippen molar-refractivity contribution in [1.82, 2.24) is 25.4 Å². The maximum Gasteiger partial charge on any atom is 0.191 e. The van der Waals surface area contributed by atoms with Gasteiger partial charge in [0.2, 0.25) is 0 Å². The van der Waals surface area contributed by atoms with E-state index in [0.29, 0.717) is 12.6 Å². The summed E-state index contributed by atoms with van der Waals surface area (Å²) in [7, 11) is 0. The van der Waals surface area contributed by atoms with Crippen molar-refractivity contribution >= 4 is 5.96 Å². The highest BCUT2D eigenvalue weighted by molar-refractivity contribution is 5.79. The quantitative estimate of drug-likeness (QED) is 0.617. The van der Waals surface area contributed by atoms with E-state index in [1.54, 1.807) is 0 Å². The highest BCUT2D eigenvalue weighted by Gasteiger charge is 2.16. The monoisotopic (exact) mass is 264 g/mol. The normalized spacial score (nSPS) is 16.3. The molecule has 0 radical (unpaired) electrons. The van der Waals surface area contributed by atoms with Gasteiger partial charge in [0.15, 0.2) is 11.8 Å². The van der Waals surface area contributed by atoms with Crippen molar-refractivity contribution < 1.29 is 0 Å². The van der Waals surface area contributed by atoms with Crippen LogP contribution in [0.4, 0.5) is 0 Å². The van der Waals surface area contributed by atoms with Gasteiger partial charge in [0.05, 0.1) is 0 Å². The molecule has 0 spiro atoms. The lowest BCUT2D eigenvalue weighted by Crippen LogP contribution is -2.42. The molecule has 1 unspecified atom stereocenters. The van der Waals surface area contributed by atoms with Crippen LogP contribution in [0.1, 0.15) is 45.3 Å². The van der Waals surface area contributed by atoms with Gasteiger partial charge in [-0.15, -0.1) is 10.2 Å². The van der Waals surface area contributed by atoms with Gasteiger partial charge in [-0.25, -0.2) is 4.99 Å². The number of rotatable bonds is 5. The third kappa shape index (κ3) is 3.45. The van der Waals surface area contributed by atoms with Gasteiger partial charge in [-0.1, -0.05) is 6.92 Å². The Labute approximate surface area is 114 Å². The van der Waals surface area contributed by atoms with Gasteiger partial charge >= 0.3 is 0 Å². The van der Waals surface area contributed by atoms with Crippen LogP contribution in [0, 0.1) is 0 Å². The molecule has 0 aliphatic carbocycles. The molecule has 1 atom stereocenters. The van der Waals surface area contributed by atoms with Crippen LogP contribution in [-0.4, -0.2) is 33.3 Å². The molecule has 6 heteroatoms. The fourth-order valence-electron chi connectivity index (χ4n) is 2.13. The molecule has 0 bridgehead atoms. The summed E-state index contributed by atoms with van der Waals surface area (Å²) in [6.45, 7) is 8.86. The van der Waals surface area contributed by atoms with Crippen molar-refractivity contribution in [3.63, 3.8) is 0 Å². The van der Waals surface area contributed by atoms with E-state index in [-0.39, 0.29) is 0 Å². The van der Waals surface area contributed by atoms with E-state index in [9.17, 15) is 0 Å². The van der Waals surface area contributed by atoms with E-state index >= 15 is 0 Å². The predicted octanol–water partition coefficient (Wildman–Crippen LogP) is 1.08. The molecule has 6 nitrogen and oxygen atoms in total. The summed E-state index contributed by atoms with van der Waals surface area (Å²) in [5.74, 6) is 2.92. The fourth-order valence-corrected chi connectivity index (χ4v) is 2.13. The molecule has 0 fully saturated rings. The Balaban J connectivity index is 2.00. The second-order valence-corrected chi connectivity index (χ2v) is 4.94. The molecule has 19 heavy (non-hydrogen) atoms. The van der Waals surface area contributed by atoms with Crippen molar-refractivity contribution in [1.29, 1.82) is 0 Å². The Morgan fingerprint density at radius 2 is 2.26 bits per heavy atom. The Kier molecular flexibility index (Phi) is 4.76. The van der Waals surface area contributed by atoms with E-state index in [2.05, 4.69) is 51.2 Å². The summed E-state index contributed by atoms with van der Waals surface area (Å²) in [5.41, 5.74) is 0. The minimum atomic E-state index is 0.418. The predicted molar refractivity (Wildman–Crippen MR) is 76.0 cm³/mol. The average molecular weight is 264 g/mol. The standard InChI is InChI=1S/C13H24N6/c1-4-10(3)16-13(14-5-2)15-9-12-18-17-11-7-6-8-19(11)12/h10H,4-9H2,1-3H3,(H2,14,15,16). The highest BCUT2D eigenvalue weighted by Crippen LogP contribution is 2.14. The summed E-state index contributed by atoms with van der Waals surface area (Å²) < 4.78 is 2.19. The first kappa shape index (κ1) is 13.8. The third-order valence-electron chi connectivity index (χ3n) is 3.40. The van der Waals surface area contributed by atoms with Gasteiger partial charge < -0.3 is 15.2 Å². The second-order valence-electron chi connectivity index (χ2n) is 4.94. The van der Waals surface area contributed by atoms with E-state index in [4.69, 9.17) is 0 Å². The number of hydrogen-bond donors (Lipinski definition) is 2. The maximum absolute atomic E-state index is 4.59. The third-order valence-corrected chi connectivity index (χ3v) is 3.40. The van der Waals surface area contributed by atoms with Crippen molar-refractivity contribution in [2.24, 2.45) is 4.99 Å². The first-order valence-corrected chi connectivity index (χ1v) is 7.20. The van der Waals surface area contributed by atoms with Gasteiger partial charge in [0.25, 0.3) is 0 Å². The van der Waals surface area contributed by atoms with Gasteiger partial charge in [-0.05, 0) is 26.7 Å². The Hall–Kier alpha value is -1.59. The lowest BCUT2D eigenvalue weighted by atomic mass is 10.3. The number of aromatic nitrogens is 3. The Morgan fingerprint density at radius 1 is 1.42 bits per heavy atom. The number of aliphatic imine (C=N–C) groups is 1. The molecule has 0 aromatic carbocycles. The van der Waals surface area contributed by atoms with Gasteiger partial charge in [0, 0.05) is 25.6 Å². The number of aryl methyl sites for hydroxylation is 1. The molecular formula is C13H24N6. The fraction of sp³-hybridized carbons (Fsp3) is 0.769. The molecule has 0 saturated carbocycles. The summed E-state index contributed by atoms with van der Waals surface area (Å²) in [5, 5.41) is 15.1. The highest BCUT2D eigenvalue weighted by atomic mass is 15.3. The number of nitrogens with one attached hydrogen (secondary N) is 2. The number of guanidine groups is 1. The molecule has 106 valence electrons. The lowest BCUT2D eigenvalue weighted by molar-refractivity contribution is 0.621. The van der Waals surface area contributed by atoms with Crippen LogP contribution in [0.3, 0.4) is 0 Å². The maximum atomic E-state index is 4.59. The van der Waals surface area contributed by atoms with Gasteiger partial charge in [-0.3, -0.25) is 0 Å². The van der Waals surface area contributed by atoms with E-state index in [1.807, 2.05) is 0 Å². The topological polar surface area (TPSA) is 67.1 Å². The Bertz CT molecular complexity index is 436. The molecule has 0 amide bonds. The molecule has 1 aliphatic rings. The summed E-state index contributed by atoms with van der Waals surface area (Å²) in [6, 6.07) is 0.418. The number of nitrogens with zero attached hydrogens (tertiary/aromatic N) is 4. The van der Waals surface area contributed by atoms with Gasteiger partial charge in [-0.2, -0.15) is 0 Å². The van der Waals surface area contributed by atoms with Crippen molar-refractivity contribution in [2.75, 3.05) is 6.54 Å². The largest absolute Gasteiger partial charge is 0.357 e. The Morgan fingerprint density at radius 3 is 3.00 bits per heavy atom. The van der Waals surface area contributed by atoms with Crippen molar-refractivity contribution in [3.8, 4) is 0 Å².